The molecule has 0 atom stereocenters. The van der Waals surface area contributed by atoms with E-state index in [4.69, 9.17) is 4.74 Å². The number of methoxy groups -OCH3 is 1. The van der Waals surface area contributed by atoms with Crippen LogP contribution in [0.4, 0.5) is 5.95 Å². The first-order valence-corrected chi connectivity index (χ1v) is 6.11. The highest BCUT2D eigenvalue weighted by molar-refractivity contribution is 5.37. The number of aryl methyl sites for hydroxylation is 1. The van der Waals surface area contributed by atoms with Crippen LogP contribution in [0, 0.1) is 6.92 Å². The minimum atomic E-state index is 0.515. The fourth-order valence-corrected chi connectivity index (χ4v) is 1.94. The van der Waals surface area contributed by atoms with Gasteiger partial charge in [0, 0.05) is 31.4 Å². The Balaban J connectivity index is 2.24. The Morgan fingerprint density at radius 3 is 2.76 bits per heavy atom. The number of ether oxygens (including phenoxy) is 1. The topological polar surface area (TPSA) is 50.3 Å². The van der Waals surface area contributed by atoms with Crippen LogP contribution in [0.1, 0.15) is 19.0 Å². The van der Waals surface area contributed by atoms with Gasteiger partial charge in [-0.05, 0) is 13.3 Å². The monoisotopic (exact) mass is 236 g/mol. The van der Waals surface area contributed by atoms with Crippen molar-refractivity contribution in [2.75, 3.05) is 31.6 Å². The van der Waals surface area contributed by atoms with Crippen LogP contribution in [0.25, 0.3) is 0 Å². The van der Waals surface area contributed by atoms with Crippen LogP contribution < -0.4 is 15.0 Å². The maximum atomic E-state index is 5.20. The Bertz CT molecular complexity index is 379. The Morgan fingerprint density at radius 1 is 1.47 bits per heavy atom. The molecule has 1 aromatic heterocycles. The lowest BCUT2D eigenvalue weighted by atomic mass is 10.1. The molecule has 0 saturated carbocycles. The van der Waals surface area contributed by atoms with Gasteiger partial charge in [-0.3, -0.25) is 0 Å². The normalized spacial score (nSPS) is 15.5. The first-order valence-electron chi connectivity index (χ1n) is 6.11. The lowest BCUT2D eigenvalue weighted by Crippen LogP contribution is -2.58. The van der Waals surface area contributed by atoms with Crippen molar-refractivity contribution >= 4 is 5.95 Å². The molecule has 1 fully saturated rings. The first kappa shape index (κ1) is 12.1. The highest BCUT2D eigenvalue weighted by Gasteiger charge is 2.26. The molecule has 0 amide bonds. The van der Waals surface area contributed by atoms with E-state index in [2.05, 4.69) is 27.1 Å². The predicted octanol–water partition coefficient (Wildman–Crippen LogP) is 0.982. The molecule has 1 N–H and O–H groups in total. The quantitative estimate of drug-likeness (QED) is 0.826. The molecule has 1 aliphatic heterocycles. The molecule has 5 heteroatoms. The number of nitrogens with zero attached hydrogens (tertiary/aromatic N) is 3. The van der Waals surface area contributed by atoms with E-state index in [1.54, 1.807) is 7.11 Å². The number of hydrogen-bond acceptors (Lipinski definition) is 5. The summed E-state index contributed by atoms with van der Waals surface area (Å²) in [6, 6.07) is 2.37. The van der Waals surface area contributed by atoms with Crippen LogP contribution in [0.15, 0.2) is 6.07 Å². The molecule has 5 nitrogen and oxygen atoms in total. The van der Waals surface area contributed by atoms with Crippen LogP contribution in [0.3, 0.4) is 0 Å². The number of anilines is 1. The summed E-state index contributed by atoms with van der Waals surface area (Å²) in [5, 5.41) is 3.28. The van der Waals surface area contributed by atoms with E-state index in [-0.39, 0.29) is 0 Å². The lowest BCUT2D eigenvalue weighted by Gasteiger charge is -2.38. The van der Waals surface area contributed by atoms with Gasteiger partial charge >= 0.3 is 0 Å². The standard InChI is InChI=1S/C12H20N4O/c1-4-5-16(10-7-13-8-10)12-14-9(2)6-11(15-12)17-3/h6,10,13H,4-5,7-8H2,1-3H3. The molecule has 0 bridgehead atoms. The third-order valence-electron chi connectivity index (χ3n) is 2.95. The van der Waals surface area contributed by atoms with Gasteiger partial charge in [-0.1, -0.05) is 6.92 Å². The average Bonchev–Trinajstić information content (AvgIpc) is 2.25. The molecule has 0 aliphatic carbocycles. The Kier molecular flexibility index (Phi) is 3.78. The molecule has 2 heterocycles. The van der Waals surface area contributed by atoms with Crippen molar-refractivity contribution in [3.8, 4) is 5.88 Å². The molecule has 0 aromatic carbocycles. The molecular weight excluding hydrogens is 216 g/mol. The van der Waals surface area contributed by atoms with Crippen molar-refractivity contribution in [3.63, 3.8) is 0 Å². The van der Waals surface area contributed by atoms with E-state index < -0.39 is 0 Å². The van der Waals surface area contributed by atoms with E-state index in [0.29, 0.717) is 11.9 Å². The second-order valence-electron chi connectivity index (χ2n) is 4.36. The zero-order valence-corrected chi connectivity index (χ0v) is 10.7. The molecule has 1 saturated heterocycles. The van der Waals surface area contributed by atoms with E-state index in [1.807, 2.05) is 13.0 Å². The summed E-state index contributed by atoms with van der Waals surface area (Å²) in [7, 11) is 1.64. The highest BCUT2D eigenvalue weighted by atomic mass is 16.5. The summed E-state index contributed by atoms with van der Waals surface area (Å²) in [5.74, 6) is 1.43. The molecule has 0 unspecified atom stereocenters. The number of nitrogens with one attached hydrogen (secondary N) is 1. The van der Waals surface area contributed by atoms with Gasteiger partial charge in [0.2, 0.25) is 11.8 Å². The summed E-state index contributed by atoms with van der Waals surface area (Å²) in [6.45, 7) is 7.15. The zero-order valence-electron chi connectivity index (χ0n) is 10.7. The van der Waals surface area contributed by atoms with Gasteiger partial charge < -0.3 is 15.0 Å². The van der Waals surface area contributed by atoms with E-state index in [1.165, 1.54) is 0 Å². The largest absolute Gasteiger partial charge is 0.481 e. The van der Waals surface area contributed by atoms with Gasteiger partial charge in [0.15, 0.2) is 0 Å². The fraction of sp³-hybridized carbons (Fsp3) is 0.667. The van der Waals surface area contributed by atoms with Crippen LogP contribution in [-0.4, -0.2) is 42.8 Å². The van der Waals surface area contributed by atoms with Gasteiger partial charge in [0.05, 0.1) is 13.2 Å². The maximum absolute atomic E-state index is 5.20. The SMILES string of the molecule is CCCN(c1nc(C)cc(OC)n1)C1CNC1. The van der Waals surface area contributed by atoms with Crippen molar-refractivity contribution < 1.29 is 4.74 Å². The highest BCUT2D eigenvalue weighted by Crippen LogP contribution is 2.19. The van der Waals surface area contributed by atoms with Gasteiger partial charge in [-0.15, -0.1) is 0 Å². The second-order valence-corrected chi connectivity index (χ2v) is 4.36. The Hall–Kier alpha value is -1.36. The molecule has 1 aromatic rings. The molecule has 0 radical (unpaired) electrons. The third kappa shape index (κ3) is 2.66. The third-order valence-corrected chi connectivity index (χ3v) is 2.95. The molecular formula is C12H20N4O. The summed E-state index contributed by atoms with van der Waals surface area (Å²) in [5.41, 5.74) is 0.945. The van der Waals surface area contributed by atoms with Gasteiger partial charge in [-0.25, -0.2) is 4.98 Å². The Labute approximate surface area is 102 Å². The minimum Gasteiger partial charge on any atom is -0.481 e. The molecule has 17 heavy (non-hydrogen) atoms. The van der Waals surface area contributed by atoms with Gasteiger partial charge in [0.1, 0.15) is 0 Å². The van der Waals surface area contributed by atoms with Crippen molar-refractivity contribution in [2.24, 2.45) is 0 Å². The zero-order chi connectivity index (χ0) is 12.3. The van der Waals surface area contributed by atoms with Gasteiger partial charge in [0.25, 0.3) is 0 Å². The molecule has 1 aliphatic rings. The summed E-state index contributed by atoms with van der Waals surface area (Å²) >= 11 is 0. The first-order chi connectivity index (χ1) is 8.24. The fourth-order valence-electron chi connectivity index (χ4n) is 1.94. The van der Waals surface area contributed by atoms with Crippen LogP contribution >= 0.6 is 0 Å². The number of hydrogen-bond donors (Lipinski definition) is 1. The number of aromatic nitrogens is 2. The van der Waals surface area contributed by atoms with Crippen molar-refractivity contribution in [1.29, 1.82) is 0 Å². The second kappa shape index (κ2) is 5.31. The molecule has 94 valence electrons. The summed E-state index contributed by atoms with van der Waals surface area (Å²) < 4.78 is 5.20. The van der Waals surface area contributed by atoms with Crippen molar-refractivity contribution in [3.05, 3.63) is 11.8 Å². The lowest BCUT2D eigenvalue weighted by molar-refractivity contribution is 0.387. The molecule has 0 spiro atoms. The Morgan fingerprint density at radius 2 is 2.24 bits per heavy atom. The van der Waals surface area contributed by atoms with Crippen LogP contribution in [-0.2, 0) is 0 Å². The summed E-state index contributed by atoms with van der Waals surface area (Å²) in [6.07, 6.45) is 1.09. The van der Waals surface area contributed by atoms with Crippen LogP contribution in [0.5, 0.6) is 5.88 Å². The molecule has 2 rings (SSSR count). The average molecular weight is 236 g/mol. The van der Waals surface area contributed by atoms with E-state index in [9.17, 15) is 0 Å². The van der Waals surface area contributed by atoms with E-state index >= 15 is 0 Å². The van der Waals surface area contributed by atoms with Crippen LogP contribution in [0.2, 0.25) is 0 Å². The van der Waals surface area contributed by atoms with Gasteiger partial charge in [-0.2, -0.15) is 4.98 Å². The minimum absolute atomic E-state index is 0.515. The van der Waals surface area contributed by atoms with E-state index in [0.717, 1.165) is 37.7 Å². The van der Waals surface area contributed by atoms with Crippen molar-refractivity contribution in [2.45, 2.75) is 26.3 Å². The maximum Gasteiger partial charge on any atom is 0.229 e. The smallest absolute Gasteiger partial charge is 0.229 e. The summed E-state index contributed by atoms with van der Waals surface area (Å²) in [4.78, 5) is 11.2. The number of rotatable bonds is 5. The van der Waals surface area contributed by atoms with Crippen molar-refractivity contribution in [1.82, 2.24) is 15.3 Å². The predicted molar refractivity (Wildman–Crippen MR) is 67.6 cm³/mol.